The summed E-state index contributed by atoms with van der Waals surface area (Å²) >= 11 is 1.70. The van der Waals surface area contributed by atoms with Crippen molar-refractivity contribution in [3.8, 4) is 22.4 Å². The molecule has 190 valence electrons. The van der Waals surface area contributed by atoms with Crippen molar-refractivity contribution in [2.75, 3.05) is 11.9 Å². The molecule has 1 aliphatic heterocycles. The largest absolute Gasteiger partial charge is 0.428 e. The number of H-pyrrole nitrogens is 1. The van der Waals surface area contributed by atoms with E-state index in [9.17, 15) is 9.59 Å². The molecule has 3 aromatic carbocycles. The van der Waals surface area contributed by atoms with Gasteiger partial charge in [0.15, 0.2) is 0 Å². The first-order chi connectivity index (χ1) is 18.5. The zero-order valence-electron chi connectivity index (χ0n) is 21.3. The Bertz CT molecular complexity index is 1590. The van der Waals surface area contributed by atoms with Crippen LogP contribution in [0.15, 0.2) is 95.7 Å². The predicted molar refractivity (Wildman–Crippen MR) is 155 cm³/mol. The maximum atomic E-state index is 13.6. The van der Waals surface area contributed by atoms with Crippen molar-refractivity contribution < 1.29 is 14.1 Å². The smallest absolute Gasteiger partial charge is 0.355 e. The molecule has 1 saturated heterocycles. The Labute approximate surface area is 226 Å². The second kappa shape index (κ2) is 10.0. The highest BCUT2D eigenvalue weighted by Crippen LogP contribution is 2.32. The van der Waals surface area contributed by atoms with Gasteiger partial charge in [-0.2, -0.15) is 15.8 Å². The average Bonchev–Trinajstić information content (AvgIpc) is 3.69. The van der Waals surface area contributed by atoms with E-state index < -0.39 is 0 Å². The number of urea groups is 1. The number of carbonyl (C=O) groups is 2. The summed E-state index contributed by atoms with van der Waals surface area (Å²) in [6.45, 7) is 2.55. The highest BCUT2D eigenvalue weighted by molar-refractivity contribution is 7.08. The summed E-state index contributed by atoms with van der Waals surface area (Å²) < 4.78 is -0.148. The van der Waals surface area contributed by atoms with Crippen molar-refractivity contribution in [1.82, 2.24) is 4.98 Å². The van der Waals surface area contributed by atoms with Crippen LogP contribution in [0, 0.1) is 0 Å². The molecular formula is C32H30N3O2S+. The van der Waals surface area contributed by atoms with Gasteiger partial charge in [0, 0.05) is 35.1 Å². The predicted octanol–water partition coefficient (Wildman–Crippen LogP) is 7.86. The van der Waals surface area contributed by atoms with Crippen LogP contribution in [0.2, 0.25) is 0 Å². The van der Waals surface area contributed by atoms with Crippen molar-refractivity contribution in [2.45, 2.75) is 32.2 Å². The van der Waals surface area contributed by atoms with Crippen LogP contribution >= 0.6 is 11.3 Å². The molecule has 5 nitrogen and oxygen atoms in total. The quantitative estimate of drug-likeness (QED) is 0.232. The summed E-state index contributed by atoms with van der Waals surface area (Å²) in [6, 6.07) is 28.0. The van der Waals surface area contributed by atoms with E-state index in [1.54, 1.807) is 11.3 Å². The zero-order chi connectivity index (χ0) is 26.1. The first kappa shape index (κ1) is 24.3. The van der Waals surface area contributed by atoms with Gasteiger partial charge in [-0.3, -0.25) is 5.32 Å². The molecule has 3 amide bonds. The molecule has 0 radical (unpaired) electrons. The molecule has 2 atom stereocenters. The van der Waals surface area contributed by atoms with Crippen molar-refractivity contribution in [3.05, 3.63) is 101 Å². The number of imide groups is 1. The molecule has 3 heterocycles. The number of likely N-dealkylation sites (tertiary alicyclic amines) is 1. The van der Waals surface area contributed by atoms with Gasteiger partial charge in [0.1, 0.15) is 6.04 Å². The fourth-order valence-electron chi connectivity index (χ4n) is 5.63. The van der Waals surface area contributed by atoms with Crippen molar-refractivity contribution >= 4 is 39.9 Å². The molecule has 0 aliphatic carbocycles. The number of thiophene rings is 1. The average molecular weight is 521 g/mol. The van der Waals surface area contributed by atoms with Gasteiger partial charge in [-0.15, -0.1) is 0 Å². The summed E-state index contributed by atoms with van der Waals surface area (Å²) in [5.41, 5.74) is 7.21. The molecule has 38 heavy (non-hydrogen) atoms. The normalized spacial score (nSPS) is 19.0. The van der Waals surface area contributed by atoms with E-state index in [0.29, 0.717) is 12.2 Å². The third kappa shape index (κ3) is 4.46. The van der Waals surface area contributed by atoms with Crippen LogP contribution in [-0.2, 0) is 11.2 Å². The number of carbonyl (C=O) groups excluding carboxylic acids is 2. The number of aromatic nitrogens is 1. The van der Waals surface area contributed by atoms with Gasteiger partial charge >= 0.3 is 11.9 Å². The Morgan fingerprint density at radius 2 is 1.74 bits per heavy atom. The highest BCUT2D eigenvalue weighted by Gasteiger charge is 2.52. The lowest BCUT2D eigenvalue weighted by atomic mass is 10.1. The number of rotatable bonds is 5. The van der Waals surface area contributed by atoms with Crippen LogP contribution < -0.4 is 5.32 Å². The molecule has 1 aliphatic rings. The molecule has 0 saturated carbocycles. The van der Waals surface area contributed by atoms with E-state index >= 15 is 0 Å². The van der Waals surface area contributed by atoms with Crippen LogP contribution in [0.4, 0.5) is 10.5 Å². The number of fused-ring (bicyclic) bond motifs is 1. The van der Waals surface area contributed by atoms with Gasteiger partial charge in [0.05, 0.1) is 13.0 Å². The Morgan fingerprint density at radius 1 is 0.947 bits per heavy atom. The van der Waals surface area contributed by atoms with Gasteiger partial charge in [-0.1, -0.05) is 48.5 Å². The number of hydrogen-bond donors (Lipinski definition) is 2. The third-order valence-corrected chi connectivity index (χ3v) is 8.50. The van der Waals surface area contributed by atoms with Gasteiger partial charge < -0.3 is 4.98 Å². The number of amides is 3. The second-order valence-electron chi connectivity index (χ2n) is 10.1. The lowest BCUT2D eigenvalue weighted by molar-refractivity contribution is -0.782. The Morgan fingerprint density at radius 3 is 2.45 bits per heavy atom. The number of aromatic amines is 1. The van der Waals surface area contributed by atoms with Crippen molar-refractivity contribution in [2.24, 2.45) is 0 Å². The van der Waals surface area contributed by atoms with Crippen LogP contribution in [0.5, 0.6) is 0 Å². The maximum absolute atomic E-state index is 13.6. The summed E-state index contributed by atoms with van der Waals surface area (Å²) in [5.74, 6) is -0.0461. The molecule has 1 fully saturated rings. The van der Waals surface area contributed by atoms with Gasteiger partial charge in [0.2, 0.25) is 0 Å². The summed E-state index contributed by atoms with van der Waals surface area (Å²) in [5, 5.41) is 8.46. The summed E-state index contributed by atoms with van der Waals surface area (Å²) in [4.78, 5) is 30.6. The standard InChI is InChI=1S/C32H29N3O2S/c1-22-6-5-16-35(22,31(36)18-23-7-3-2-4-8-23)32(37)33-28-12-9-24(10-13-28)30-20-27-19-25(11-14-29(27)34-30)26-15-17-38-21-26/h2-4,7-15,17,19-22,34H,5-6,16,18H2,1H3/p+1/t22-,35?/m1/s1. The topological polar surface area (TPSA) is 62.0 Å². The Hall–Kier alpha value is -4.00. The van der Waals surface area contributed by atoms with E-state index in [2.05, 4.69) is 51.4 Å². The van der Waals surface area contributed by atoms with E-state index in [1.807, 2.05) is 61.5 Å². The SMILES string of the molecule is C[C@@H]1CCC[N+]1(C(=O)Cc1ccccc1)C(=O)Nc1ccc(-c2cc3cc(-c4ccsc4)ccc3[nH]2)cc1. The number of quaternary nitrogens is 1. The molecule has 2 aromatic heterocycles. The number of nitrogens with zero attached hydrogens (tertiary/aromatic N) is 1. The van der Waals surface area contributed by atoms with E-state index in [1.165, 1.54) is 11.1 Å². The molecule has 2 N–H and O–H groups in total. The highest BCUT2D eigenvalue weighted by atomic mass is 32.1. The molecule has 6 heteroatoms. The zero-order valence-corrected chi connectivity index (χ0v) is 22.1. The number of benzene rings is 3. The van der Waals surface area contributed by atoms with Gasteiger partial charge in [-0.25, -0.2) is 9.59 Å². The maximum Gasteiger partial charge on any atom is 0.428 e. The first-order valence-electron chi connectivity index (χ1n) is 13.1. The number of hydrogen-bond acceptors (Lipinski definition) is 3. The Kier molecular flexibility index (Phi) is 6.44. The third-order valence-electron chi connectivity index (χ3n) is 7.81. The van der Waals surface area contributed by atoms with Gasteiger partial charge in [0.25, 0.3) is 0 Å². The van der Waals surface area contributed by atoms with Crippen LogP contribution in [-0.4, -0.2) is 34.0 Å². The van der Waals surface area contributed by atoms with E-state index in [4.69, 9.17) is 0 Å². The van der Waals surface area contributed by atoms with Crippen LogP contribution in [0.3, 0.4) is 0 Å². The van der Waals surface area contributed by atoms with Crippen molar-refractivity contribution in [1.29, 1.82) is 0 Å². The lowest BCUT2D eigenvalue weighted by Crippen LogP contribution is -2.61. The monoisotopic (exact) mass is 520 g/mol. The minimum atomic E-state index is -0.241. The second-order valence-corrected chi connectivity index (χ2v) is 10.9. The van der Waals surface area contributed by atoms with Gasteiger partial charge in [-0.05, 0) is 76.3 Å². The van der Waals surface area contributed by atoms with E-state index in [-0.39, 0.29) is 28.9 Å². The molecule has 0 spiro atoms. The lowest BCUT2D eigenvalue weighted by Gasteiger charge is -2.33. The van der Waals surface area contributed by atoms with Crippen molar-refractivity contribution in [3.63, 3.8) is 0 Å². The minimum absolute atomic E-state index is 0.0456. The first-order valence-corrected chi connectivity index (χ1v) is 14.0. The number of anilines is 1. The fourth-order valence-corrected chi connectivity index (χ4v) is 6.29. The van der Waals surface area contributed by atoms with Crippen LogP contribution in [0.1, 0.15) is 25.3 Å². The molecular weight excluding hydrogens is 490 g/mol. The molecule has 6 rings (SSSR count). The van der Waals surface area contributed by atoms with E-state index in [0.717, 1.165) is 40.6 Å². The molecule has 0 bridgehead atoms. The summed E-state index contributed by atoms with van der Waals surface area (Å²) in [6.07, 6.45) is 1.98. The Balaban J connectivity index is 1.21. The fraction of sp³-hybridized carbons (Fsp3) is 0.188. The molecule has 5 aromatic rings. The minimum Gasteiger partial charge on any atom is -0.355 e. The number of nitrogens with one attached hydrogen (secondary N) is 2. The van der Waals surface area contributed by atoms with Crippen LogP contribution in [0.25, 0.3) is 33.3 Å². The molecule has 1 unspecified atom stereocenters. The summed E-state index contributed by atoms with van der Waals surface area (Å²) in [7, 11) is 0.